The van der Waals surface area contributed by atoms with Gasteiger partial charge in [0.15, 0.2) is 5.82 Å². The van der Waals surface area contributed by atoms with Crippen LogP contribution in [0.15, 0.2) is 60.8 Å². The summed E-state index contributed by atoms with van der Waals surface area (Å²) in [4.78, 5) is 16.5. The van der Waals surface area contributed by atoms with Gasteiger partial charge in [-0.1, -0.05) is 42.5 Å². The van der Waals surface area contributed by atoms with Gasteiger partial charge in [-0.3, -0.25) is 0 Å². The first-order valence-corrected chi connectivity index (χ1v) is 9.27. The van der Waals surface area contributed by atoms with Crippen molar-refractivity contribution in [2.75, 3.05) is 23.8 Å². The molecule has 7 heteroatoms. The van der Waals surface area contributed by atoms with Crippen LogP contribution in [0.2, 0.25) is 0 Å². The lowest BCUT2D eigenvalue weighted by Gasteiger charge is -2.11. The Morgan fingerprint density at radius 3 is 2.68 bits per heavy atom. The van der Waals surface area contributed by atoms with Gasteiger partial charge in [-0.25, -0.2) is 4.79 Å². The Morgan fingerprint density at radius 2 is 1.86 bits per heavy atom. The van der Waals surface area contributed by atoms with Gasteiger partial charge in [0, 0.05) is 6.54 Å². The first-order valence-electron chi connectivity index (χ1n) is 9.27. The lowest BCUT2D eigenvalue weighted by molar-refractivity contribution is 0.0527. The maximum Gasteiger partial charge on any atom is 0.340 e. The van der Waals surface area contributed by atoms with Crippen LogP contribution in [0.25, 0.3) is 0 Å². The molecule has 0 fully saturated rings. The minimum Gasteiger partial charge on any atom is -0.462 e. The Morgan fingerprint density at radius 1 is 1.07 bits per heavy atom. The number of ether oxygens (including phenoxy) is 1. The standard InChI is InChI=1S/C21H23N5O2/c1-2-28-20(27)17-12-6-7-13-18(17)24-21-25-19(15-23-26-21)22-14-8-11-16-9-4-3-5-10-16/h3-7,9-10,12-13,15H,2,8,11,14H2,1H3,(H2,22,24,25,26). The maximum atomic E-state index is 12.1. The molecule has 1 heterocycles. The fourth-order valence-corrected chi connectivity index (χ4v) is 2.69. The zero-order valence-electron chi connectivity index (χ0n) is 15.8. The molecule has 0 saturated carbocycles. The zero-order valence-corrected chi connectivity index (χ0v) is 15.8. The largest absolute Gasteiger partial charge is 0.462 e. The van der Waals surface area contributed by atoms with Crippen molar-refractivity contribution < 1.29 is 9.53 Å². The Kier molecular flexibility index (Phi) is 6.89. The second-order valence-corrected chi connectivity index (χ2v) is 6.07. The molecule has 0 bridgehead atoms. The molecule has 144 valence electrons. The van der Waals surface area contributed by atoms with E-state index in [4.69, 9.17) is 4.74 Å². The van der Waals surface area contributed by atoms with Crippen LogP contribution in [0.3, 0.4) is 0 Å². The van der Waals surface area contributed by atoms with Crippen LogP contribution in [0.4, 0.5) is 17.5 Å². The summed E-state index contributed by atoms with van der Waals surface area (Å²) in [6.45, 7) is 2.86. The number of rotatable bonds is 9. The molecule has 0 radical (unpaired) electrons. The van der Waals surface area contributed by atoms with Gasteiger partial charge in [0.1, 0.15) is 0 Å². The highest BCUT2D eigenvalue weighted by Gasteiger charge is 2.13. The number of nitrogens with zero attached hydrogens (tertiary/aromatic N) is 3. The monoisotopic (exact) mass is 377 g/mol. The number of carbonyl (C=O) groups is 1. The maximum absolute atomic E-state index is 12.1. The number of para-hydroxylation sites is 1. The number of nitrogens with one attached hydrogen (secondary N) is 2. The molecule has 0 unspecified atom stereocenters. The number of hydrogen-bond donors (Lipinski definition) is 2. The molecule has 3 rings (SSSR count). The predicted molar refractivity (Wildman–Crippen MR) is 109 cm³/mol. The van der Waals surface area contributed by atoms with Crippen molar-refractivity contribution in [2.24, 2.45) is 0 Å². The molecular formula is C21H23N5O2. The predicted octanol–water partition coefficient (Wildman–Crippen LogP) is 3.84. The Hall–Kier alpha value is -3.48. The van der Waals surface area contributed by atoms with Crippen molar-refractivity contribution in [1.82, 2.24) is 15.2 Å². The molecule has 0 spiro atoms. The molecule has 3 aromatic rings. The summed E-state index contributed by atoms with van der Waals surface area (Å²) < 4.78 is 5.08. The topological polar surface area (TPSA) is 89.0 Å². The molecule has 2 N–H and O–H groups in total. The fourth-order valence-electron chi connectivity index (χ4n) is 2.69. The van der Waals surface area contributed by atoms with Crippen molar-refractivity contribution in [2.45, 2.75) is 19.8 Å². The summed E-state index contributed by atoms with van der Waals surface area (Å²) >= 11 is 0. The Bertz CT molecular complexity index is 902. The second-order valence-electron chi connectivity index (χ2n) is 6.07. The third-order valence-corrected chi connectivity index (χ3v) is 4.02. The number of esters is 1. The third kappa shape index (κ3) is 5.51. The van der Waals surface area contributed by atoms with Gasteiger partial charge in [-0.15, -0.1) is 5.10 Å². The van der Waals surface area contributed by atoms with Gasteiger partial charge in [0.25, 0.3) is 0 Å². The molecule has 0 aliphatic rings. The van der Waals surface area contributed by atoms with Gasteiger partial charge in [-0.05, 0) is 37.5 Å². The lowest BCUT2D eigenvalue weighted by Crippen LogP contribution is -2.10. The van der Waals surface area contributed by atoms with Crippen LogP contribution >= 0.6 is 0 Å². The minimum atomic E-state index is -0.395. The van der Waals surface area contributed by atoms with E-state index in [1.807, 2.05) is 24.3 Å². The summed E-state index contributed by atoms with van der Waals surface area (Å²) in [5, 5.41) is 14.3. The molecular weight excluding hydrogens is 354 g/mol. The van der Waals surface area contributed by atoms with Crippen LogP contribution in [0.5, 0.6) is 0 Å². The van der Waals surface area contributed by atoms with Crippen LogP contribution in [-0.2, 0) is 11.2 Å². The van der Waals surface area contributed by atoms with Gasteiger partial charge >= 0.3 is 5.97 Å². The number of carbonyl (C=O) groups excluding carboxylic acids is 1. The number of benzene rings is 2. The quantitative estimate of drug-likeness (QED) is 0.433. The molecule has 0 saturated heterocycles. The number of aryl methyl sites for hydroxylation is 1. The highest BCUT2D eigenvalue weighted by atomic mass is 16.5. The van der Waals surface area contributed by atoms with Crippen molar-refractivity contribution in [3.63, 3.8) is 0 Å². The van der Waals surface area contributed by atoms with Crippen LogP contribution in [-0.4, -0.2) is 34.3 Å². The molecule has 2 aromatic carbocycles. The summed E-state index contributed by atoms with van der Waals surface area (Å²) in [6, 6.07) is 17.4. The third-order valence-electron chi connectivity index (χ3n) is 4.02. The van der Waals surface area contributed by atoms with E-state index in [0.29, 0.717) is 29.6 Å². The molecule has 0 aliphatic carbocycles. The number of anilines is 3. The van der Waals surface area contributed by atoms with Gasteiger partial charge in [0.05, 0.1) is 24.1 Å². The summed E-state index contributed by atoms with van der Waals surface area (Å²) in [5.41, 5.74) is 2.31. The summed E-state index contributed by atoms with van der Waals surface area (Å²) in [7, 11) is 0. The smallest absolute Gasteiger partial charge is 0.340 e. The fraction of sp³-hybridized carbons (Fsp3) is 0.238. The van der Waals surface area contributed by atoms with E-state index in [9.17, 15) is 4.79 Å². The first kappa shape index (κ1) is 19.3. The van der Waals surface area contributed by atoms with Gasteiger partial charge in [-0.2, -0.15) is 10.1 Å². The molecule has 7 nitrogen and oxygen atoms in total. The minimum absolute atomic E-state index is 0.310. The van der Waals surface area contributed by atoms with Crippen LogP contribution in [0.1, 0.15) is 29.3 Å². The lowest BCUT2D eigenvalue weighted by atomic mass is 10.1. The van der Waals surface area contributed by atoms with E-state index in [0.717, 1.165) is 19.4 Å². The molecule has 0 amide bonds. The van der Waals surface area contributed by atoms with Crippen molar-refractivity contribution in [3.05, 3.63) is 71.9 Å². The summed E-state index contributed by atoms with van der Waals surface area (Å²) in [5.74, 6) is 0.540. The average molecular weight is 377 g/mol. The average Bonchev–Trinajstić information content (AvgIpc) is 2.73. The van der Waals surface area contributed by atoms with E-state index in [2.05, 4.69) is 37.9 Å². The van der Waals surface area contributed by atoms with E-state index in [1.165, 1.54) is 5.56 Å². The van der Waals surface area contributed by atoms with E-state index >= 15 is 0 Å². The van der Waals surface area contributed by atoms with Crippen molar-refractivity contribution in [3.8, 4) is 0 Å². The molecule has 0 aliphatic heterocycles. The van der Waals surface area contributed by atoms with Crippen molar-refractivity contribution >= 4 is 23.4 Å². The second kappa shape index (κ2) is 10.0. The van der Waals surface area contributed by atoms with E-state index < -0.39 is 5.97 Å². The number of aromatic nitrogens is 3. The Balaban J connectivity index is 1.59. The zero-order chi connectivity index (χ0) is 19.6. The Labute approximate surface area is 164 Å². The molecule has 1 aromatic heterocycles. The van der Waals surface area contributed by atoms with E-state index in [1.54, 1.807) is 31.3 Å². The SMILES string of the molecule is CCOC(=O)c1ccccc1Nc1nncc(NCCCc2ccccc2)n1. The van der Waals surface area contributed by atoms with Gasteiger partial charge in [0.2, 0.25) is 5.95 Å². The summed E-state index contributed by atoms with van der Waals surface area (Å²) in [6.07, 6.45) is 3.54. The van der Waals surface area contributed by atoms with E-state index in [-0.39, 0.29) is 0 Å². The number of hydrogen-bond acceptors (Lipinski definition) is 7. The van der Waals surface area contributed by atoms with Crippen molar-refractivity contribution in [1.29, 1.82) is 0 Å². The molecule has 28 heavy (non-hydrogen) atoms. The normalized spacial score (nSPS) is 10.3. The van der Waals surface area contributed by atoms with Crippen LogP contribution in [0, 0.1) is 0 Å². The highest BCUT2D eigenvalue weighted by Crippen LogP contribution is 2.20. The van der Waals surface area contributed by atoms with Crippen LogP contribution < -0.4 is 10.6 Å². The first-order chi connectivity index (χ1) is 13.8. The van der Waals surface area contributed by atoms with Gasteiger partial charge < -0.3 is 15.4 Å². The highest BCUT2D eigenvalue weighted by molar-refractivity contribution is 5.96. The molecule has 0 atom stereocenters.